The Morgan fingerprint density at radius 1 is 1.59 bits per heavy atom. The number of hydrogen-bond acceptors (Lipinski definition) is 5. The Morgan fingerprint density at radius 2 is 2.35 bits per heavy atom. The lowest BCUT2D eigenvalue weighted by Crippen LogP contribution is -2.11. The molecule has 0 spiro atoms. The lowest BCUT2D eigenvalue weighted by molar-refractivity contribution is -0.432. The van der Waals surface area contributed by atoms with Gasteiger partial charge in [-0.15, -0.1) is 4.33 Å². The summed E-state index contributed by atoms with van der Waals surface area (Å²) in [4.78, 5) is 12.1. The topological polar surface area (TPSA) is 67.8 Å². The van der Waals surface area contributed by atoms with Gasteiger partial charge in [0.1, 0.15) is 0 Å². The summed E-state index contributed by atoms with van der Waals surface area (Å²) in [6, 6.07) is 5.33. The van der Waals surface area contributed by atoms with Crippen molar-refractivity contribution in [1.82, 2.24) is 0 Å². The molecule has 0 atom stereocenters. The van der Waals surface area contributed by atoms with Crippen LogP contribution in [0.4, 0.5) is 5.69 Å². The predicted molar refractivity (Wildman–Crippen MR) is 68.9 cm³/mol. The second kappa shape index (κ2) is 7.67. The summed E-state index contributed by atoms with van der Waals surface area (Å²) in [5.74, 6) is -0.0448. The van der Waals surface area contributed by atoms with Gasteiger partial charge in [0.2, 0.25) is 5.91 Å². The van der Waals surface area contributed by atoms with Gasteiger partial charge in [-0.05, 0) is 30.7 Å². The minimum Gasteiger partial charge on any atom is -0.326 e. The van der Waals surface area contributed by atoms with Crippen molar-refractivity contribution < 1.29 is 19.4 Å². The van der Waals surface area contributed by atoms with Crippen LogP contribution < -0.4 is 5.32 Å². The highest BCUT2D eigenvalue weighted by molar-refractivity contribution is 9.09. The Kier molecular flexibility index (Phi) is 6.53. The Morgan fingerprint density at radius 3 is 2.94 bits per heavy atom. The lowest BCUT2D eigenvalue weighted by atomic mass is 10.2. The predicted octanol–water partition coefficient (Wildman–Crippen LogP) is 3.15. The molecule has 7 heteroatoms. The number of alkyl halides is 1. The Hall–Kier alpha value is -0.600. The van der Waals surface area contributed by atoms with Gasteiger partial charge in [0, 0.05) is 22.3 Å². The molecule has 0 saturated heterocycles. The molecule has 0 saturated carbocycles. The maximum Gasteiger partial charge on any atom is 0.225 e. The maximum atomic E-state index is 11.4. The molecule has 0 fully saturated rings. The number of carbonyl (C=O) groups is 1. The molecule has 0 aliphatic rings. The van der Waals surface area contributed by atoms with Crippen LogP contribution >= 0.6 is 28.0 Å². The quantitative estimate of drug-likeness (QED) is 0.364. The first-order valence-electron chi connectivity index (χ1n) is 4.78. The van der Waals surface area contributed by atoms with Crippen molar-refractivity contribution in [2.24, 2.45) is 0 Å². The first-order chi connectivity index (χ1) is 8.17. The zero-order valence-electron chi connectivity index (χ0n) is 9.10. The molecule has 0 radical (unpaired) electrons. The van der Waals surface area contributed by atoms with Crippen molar-refractivity contribution in [2.45, 2.75) is 18.2 Å². The standard InChI is InChI=1S/C10H12BrNO4S/c1-7-6-8(12-10(13)4-5-11)2-3-9(7)17-16-15-14/h2-3,6,14H,4-5H2,1H3,(H,12,13). The van der Waals surface area contributed by atoms with Crippen molar-refractivity contribution in [2.75, 3.05) is 10.6 Å². The van der Waals surface area contributed by atoms with Crippen LogP contribution in [0.5, 0.6) is 0 Å². The van der Waals surface area contributed by atoms with Crippen LogP contribution in [-0.4, -0.2) is 16.5 Å². The normalized spacial score (nSPS) is 10.3. The van der Waals surface area contributed by atoms with Gasteiger partial charge < -0.3 is 5.32 Å². The number of rotatable bonds is 6. The molecule has 0 aromatic heterocycles. The monoisotopic (exact) mass is 321 g/mol. The van der Waals surface area contributed by atoms with E-state index in [4.69, 9.17) is 5.26 Å². The lowest BCUT2D eigenvalue weighted by Gasteiger charge is -2.07. The van der Waals surface area contributed by atoms with Crippen LogP contribution in [0.3, 0.4) is 0 Å². The van der Waals surface area contributed by atoms with Gasteiger partial charge in [-0.2, -0.15) is 0 Å². The average Bonchev–Trinajstić information content (AvgIpc) is 2.28. The van der Waals surface area contributed by atoms with E-state index in [1.807, 2.05) is 13.0 Å². The number of amides is 1. The molecule has 17 heavy (non-hydrogen) atoms. The van der Waals surface area contributed by atoms with Gasteiger partial charge in [0.15, 0.2) is 0 Å². The fraction of sp³-hybridized carbons (Fsp3) is 0.300. The van der Waals surface area contributed by atoms with E-state index < -0.39 is 0 Å². The van der Waals surface area contributed by atoms with Crippen LogP contribution in [0, 0.1) is 6.92 Å². The molecule has 0 aliphatic heterocycles. The van der Waals surface area contributed by atoms with Crippen LogP contribution in [0.2, 0.25) is 0 Å². The first-order valence-corrected chi connectivity index (χ1v) is 6.65. The third kappa shape index (κ3) is 5.05. The Balaban J connectivity index is 2.64. The molecule has 0 aliphatic carbocycles. The van der Waals surface area contributed by atoms with Crippen LogP contribution in [0.1, 0.15) is 12.0 Å². The van der Waals surface area contributed by atoms with E-state index in [0.717, 1.165) is 28.2 Å². The zero-order valence-corrected chi connectivity index (χ0v) is 11.5. The Labute approximate surface area is 112 Å². The molecule has 0 bridgehead atoms. The van der Waals surface area contributed by atoms with Crippen LogP contribution in [-0.2, 0) is 14.2 Å². The van der Waals surface area contributed by atoms with Crippen molar-refractivity contribution in [3.05, 3.63) is 23.8 Å². The summed E-state index contributed by atoms with van der Waals surface area (Å²) in [7, 11) is 0. The van der Waals surface area contributed by atoms with Gasteiger partial charge in [-0.1, -0.05) is 21.0 Å². The summed E-state index contributed by atoms with van der Waals surface area (Å²) in [5.41, 5.74) is 1.63. The largest absolute Gasteiger partial charge is 0.326 e. The molecular formula is C10H12BrNO4S. The molecular weight excluding hydrogens is 310 g/mol. The average molecular weight is 322 g/mol. The van der Waals surface area contributed by atoms with Crippen LogP contribution in [0.25, 0.3) is 0 Å². The third-order valence-corrected chi connectivity index (χ3v) is 3.10. The van der Waals surface area contributed by atoms with Crippen molar-refractivity contribution >= 4 is 39.6 Å². The smallest absolute Gasteiger partial charge is 0.225 e. The van der Waals surface area contributed by atoms with Crippen LogP contribution in [0.15, 0.2) is 23.1 Å². The van der Waals surface area contributed by atoms with E-state index in [1.54, 1.807) is 12.1 Å². The number of aryl methyl sites for hydroxylation is 1. The molecule has 0 unspecified atom stereocenters. The minimum atomic E-state index is -0.0448. The highest BCUT2D eigenvalue weighted by Crippen LogP contribution is 2.25. The van der Waals surface area contributed by atoms with Crippen molar-refractivity contribution in [1.29, 1.82) is 0 Å². The fourth-order valence-corrected chi connectivity index (χ4v) is 1.96. The number of carbonyl (C=O) groups excluding carboxylic acids is 1. The molecule has 1 rings (SSSR count). The van der Waals surface area contributed by atoms with Gasteiger partial charge >= 0.3 is 0 Å². The van der Waals surface area contributed by atoms with Gasteiger partial charge in [0.05, 0.1) is 12.0 Å². The number of anilines is 1. The minimum absolute atomic E-state index is 0.0448. The van der Waals surface area contributed by atoms with E-state index >= 15 is 0 Å². The van der Waals surface area contributed by atoms with Crippen molar-refractivity contribution in [3.63, 3.8) is 0 Å². The molecule has 1 amide bonds. The van der Waals surface area contributed by atoms with Gasteiger partial charge in [-0.3, -0.25) is 4.79 Å². The summed E-state index contributed by atoms with van der Waals surface area (Å²) >= 11 is 4.09. The molecule has 1 aromatic rings. The molecule has 1 aromatic carbocycles. The zero-order chi connectivity index (χ0) is 12.7. The second-order valence-corrected chi connectivity index (χ2v) is 4.73. The van der Waals surface area contributed by atoms with E-state index in [1.165, 1.54) is 0 Å². The summed E-state index contributed by atoms with van der Waals surface area (Å²) in [6.45, 7) is 1.86. The number of benzene rings is 1. The van der Waals surface area contributed by atoms with Gasteiger partial charge in [-0.25, -0.2) is 5.26 Å². The molecule has 5 nitrogen and oxygen atoms in total. The maximum absolute atomic E-state index is 11.4. The number of halogens is 1. The van der Waals surface area contributed by atoms with E-state index in [-0.39, 0.29) is 5.91 Å². The van der Waals surface area contributed by atoms with E-state index in [0.29, 0.717) is 11.8 Å². The summed E-state index contributed by atoms with van der Waals surface area (Å²) in [5, 5.41) is 15.0. The number of nitrogens with one attached hydrogen (secondary N) is 1. The Bertz CT molecular complexity index is 389. The first kappa shape index (κ1) is 14.5. The molecule has 2 N–H and O–H groups in total. The van der Waals surface area contributed by atoms with Gasteiger partial charge in [0.25, 0.3) is 0 Å². The van der Waals surface area contributed by atoms with E-state index in [2.05, 4.69) is 30.6 Å². The number of hydrogen-bond donors (Lipinski definition) is 2. The summed E-state index contributed by atoms with van der Waals surface area (Å²) in [6.07, 6.45) is 0.428. The fourth-order valence-electron chi connectivity index (χ4n) is 1.18. The highest BCUT2D eigenvalue weighted by Gasteiger charge is 2.05. The summed E-state index contributed by atoms with van der Waals surface area (Å²) < 4.78 is 4.34. The highest BCUT2D eigenvalue weighted by atomic mass is 79.9. The van der Waals surface area contributed by atoms with E-state index in [9.17, 15) is 4.79 Å². The molecule has 94 valence electrons. The third-order valence-electron chi connectivity index (χ3n) is 1.93. The molecule has 0 heterocycles. The SMILES string of the molecule is Cc1cc(NC(=O)CCBr)ccc1SOOO. The second-order valence-electron chi connectivity index (χ2n) is 3.19. The van der Waals surface area contributed by atoms with Crippen molar-refractivity contribution in [3.8, 4) is 0 Å².